The molecule has 0 saturated carbocycles. The second-order valence-electron chi connectivity index (χ2n) is 6.51. The first-order valence-corrected chi connectivity index (χ1v) is 8.94. The maximum Gasteiger partial charge on any atom is 0.152 e. The minimum absolute atomic E-state index is 0.143. The Kier molecular flexibility index (Phi) is 5.87. The van der Waals surface area contributed by atoms with Crippen LogP contribution in [0, 0.1) is 5.92 Å². The number of hydrogen-bond donors (Lipinski definition) is 2. The molecule has 0 amide bonds. The summed E-state index contributed by atoms with van der Waals surface area (Å²) in [6.45, 7) is 6.24. The van der Waals surface area contributed by atoms with Gasteiger partial charge in [0.2, 0.25) is 0 Å². The molecule has 130 valence electrons. The Bertz CT molecular complexity index is 668. The summed E-state index contributed by atoms with van der Waals surface area (Å²) in [5.41, 5.74) is 1.17. The summed E-state index contributed by atoms with van der Waals surface area (Å²) in [7, 11) is 0. The second-order valence-corrected chi connectivity index (χ2v) is 8.14. The first-order chi connectivity index (χ1) is 11.1. The molecule has 0 saturated heterocycles. The van der Waals surface area contributed by atoms with Gasteiger partial charge in [-0.1, -0.05) is 67.2 Å². The van der Waals surface area contributed by atoms with Crippen molar-refractivity contribution in [2.75, 3.05) is 0 Å². The molecule has 24 heavy (non-hydrogen) atoms. The van der Waals surface area contributed by atoms with E-state index >= 15 is 0 Å². The molecular formula is C18H18Cl4O2. The molecule has 0 aliphatic heterocycles. The molecule has 0 aliphatic carbocycles. The fourth-order valence-electron chi connectivity index (χ4n) is 2.99. The molecule has 2 nitrogen and oxygen atoms in total. The molecule has 2 aromatic carbocycles. The fraction of sp³-hybridized carbons (Fsp3) is 0.333. The summed E-state index contributed by atoms with van der Waals surface area (Å²) >= 11 is 24.4. The quantitative estimate of drug-likeness (QED) is 0.569. The van der Waals surface area contributed by atoms with Crippen molar-refractivity contribution in [1.29, 1.82) is 0 Å². The van der Waals surface area contributed by atoms with Crippen molar-refractivity contribution in [3.8, 4) is 11.5 Å². The van der Waals surface area contributed by atoms with Crippen molar-refractivity contribution in [2.45, 2.75) is 32.6 Å². The molecule has 0 spiro atoms. The lowest BCUT2D eigenvalue weighted by Crippen LogP contribution is -2.26. The van der Waals surface area contributed by atoms with E-state index in [4.69, 9.17) is 46.4 Å². The van der Waals surface area contributed by atoms with E-state index in [9.17, 15) is 10.2 Å². The van der Waals surface area contributed by atoms with Gasteiger partial charge in [-0.15, -0.1) is 0 Å². The van der Waals surface area contributed by atoms with E-state index in [1.807, 2.05) is 6.92 Å². The third-order valence-electron chi connectivity index (χ3n) is 4.12. The van der Waals surface area contributed by atoms with Gasteiger partial charge in [0.1, 0.15) is 0 Å². The van der Waals surface area contributed by atoms with Crippen LogP contribution >= 0.6 is 46.4 Å². The number of aromatic hydroxyl groups is 2. The first-order valence-electron chi connectivity index (χ1n) is 7.43. The van der Waals surface area contributed by atoms with E-state index in [0.29, 0.717) is 5.92 Å². The monoisotopic (exact) mass is 406 g/mol. The standard InChI is InChI=1S/C18H18Cl4O2/c1-9(2)8-18(3,10-4-12(19)16(23)13(20)5-10)11-6-14(21)17(24)15(22)7-11/h4-7,9,23-24H,8H2,1-3H3. The molecule has 6 heteroatoms. The lowest BCUT2D eigenvalue weighted by molar-refractivity contribution is 0.425. The van der Waals surface area contributed by atoms with Gasteiger partial charge in [-0.3, -0.25) is 0 Å². The van der Waals surface area contributed by atoms with Crippen LogP contribution in [0.15, 0.2) is 24.3 Å². The normalized spacial score (nSPS) is 12.0. The highest BCUT2D eigenvalue weighted by atomic mass is 35.5. The number of phenols is 2. The lowest BCUT2D eigenvalue weighted by atomic mass is 9.71. The van der Waals surface area contributed by atoms with E-state index in [0.717, 1.165) is 17.5 Å². The Morgan fingerprint density at radius 2 is 1.08 bits per heavy atom. The van der Waals surface area contributed by atoms with Crippen LogP contribution in [-0.2, 0) is 5.41 Å². The van der Waals surface area contributed by atoms with E-state index in [1.165, 1.54) is 0 Å². The molecule has 0 fully saturated rings. The fourth-order valence-corrected chi connectivity index (χ4v) is 3.96. The summed E-state index contributed by atoms with van der Waals surface area (Å²) in [6.07, 6.45) is 0.766. The summed E-state index contributed by atoms with van der Waals surface area (Å²) < 4.78 is 0. The van der Waals surface area contributed by atoms with Crippen molar-refractivity contribution >= 4 is 46.4 Å². The number of benzene rings is 2. The third kappa shape index (κ3) is 3.72. The highest BCUT2D eigenvalue weighted by molar-refractivity contribution is 6.37. The van der Waals surface area contributed by atoms with Crippen LogP contribution in [0.2, 0.25) is 20.1 Å². The molecule has 0 aromatic heterocycles. The average molecular weight is 408 g/mol. The zero-order valence-corrected chi connectivity index (χ0v) is 16.5. The van der Waals surface area contributed by atoms with Crippen LogP contribution in [0.3, 0.4) is 0 Å². The third-order valence-corrected chi connectivity index (χ3v) is 5.28. The maximum absolute atomic E-state index is 9.83. The minimum atomic E-state index is -0.504. The molecular weight excluding hydrogens is 390 g/mol. The Labute approximate surface area is 161 Å². The highest BCUT2D eigenvalue weighted by Gasteiger charge is 2.32. The maximum atomic E-state index is 9.83. The first kappa shape index (κ1) is 19.5. The smallest absolute Gasteiger partial charge is 0.152 e. The zero-order chi connectivity index (χ0) is 18.2. The lowest BCUT2D eigenvalue weighted by Gasteiger charge is -2.33. The summed E-state index contributed by atoms with van der Waals surface area (Å²) in [5, 5.41) is 20.4. The number of hydrogen-bond acceptors (Lipinski definition) is 2. The predicted octanol–water partition coefficient (Wildman–Crippen LogP) is 7.06. The van der Waals surface area contributed by atoms with Gasteiger partial charge in [0.15, 0.2) is 11.5 Å². The summed E-state index contributed by atoms with van der Waals surface area (Å²) in [6, 6.07) is 6.78. The molecule has 2 rings (SSSR count). The SMILES string of the molecule is CC(C)CC(C)(c1cc(Cl)c(O)c(Cl)c1)c1cc(Cl)c(O)c(Cl)c1. The van der Waals surface area contributed by atoms with Gasteiger partial charge in [0, 0.05) is 5.41 Å². The molecule has 0 unspecified atom stereocenters. The van der Waals surface area contributed by atoms with Crippen LogP contribution in [0.4, 0.5) is 0 Å². The second kappa shape index (κ2) is 7.21. The average Bonchev–Trinajstić information content (AvgIpc) is 2.48. The van der Waals surface area contributed by atoms with E-state index in [-0.39, 0.29) is 31.6 Å². The Balaban J connectivity index is 2.72. The van der Waals surface area contributed by atoms with Gasteiger partial charge in [0.05, 0.1) is 20.1 Å². The van der Waals surface area contributed by atoms with Crippen LogP contribution in [0.5, 0.6) is 11.5 Å². The molecule has 0 aliphatic rings. The van der Waals surface area contributed by atoms with E-state index in [2.05, 4.69) is 13.8 Å². The molecule has 2 aromatic rings. The van der Waals surface area contributed by atoms with Crippen molar-refractivity contribution in [1.82, 2.24) is 0 Å². The van der Waals surface area contributed by atoms with Gasteiger partial charge in [-0.05, 0) is 47.7 Å². The zero-order valence-electron chi connectivity index (χ0n) is 13.5. The van der Waals surface area contributed by atoms with Gasteiger partial charge >= 0.3 is 0 Å². The van der Waals surface area contributed by atoms with Gasteiger partial charge in [0.25, 0.3) is 0 Å². The topological polar surface area (TPSA) is 40.5 Å². The molecule has 0 radical (unpaired) electrons. The number of halogens is 4. The molecule has 0 bridgehead atoms. The van der Waals surface area contributed by atoms with Crippen molar-refractivity contribution in [2.24, 2.45) is 5.92 Å². The van der Waals surface area contributed by atoms with Gasteiger partial charge < -0.3 is 10.2 Å². The van der Waals surface area contributed by atoms with Crippen LogP contribution in [-0.4, -0.2) is 10.2 Å². The summed E-state index contributed by atoms with van der Waals surface area (Å²) in [4.78, 5) is 0. The van der Waals surface area contributed by atoms with Crippen molar-refractivity contribution in [3.05, 3.63) is 55.5 Å². The van der Waals surface area contributed by atoms with Crippen molar-refractivity contribution < 1.29 is 10.2 Å². The number of phenolic OH excluding ortho intramolecular Hbond substituents is 2. The van der Waals surface area contributed by atoms with Crippen LogP contribution < -0.4 is 0 Å². The Morgan fingerprint density at radius 1 is 0.792 bits per heavy atom. The predicted molar refractivity (Wildman–Crippen MR) is 102 cm³/mol. The van der Waals surface area contributed by atoms with Crippen molar-refractivity contribution in [3.63, 3.8) is 0 Å². The Morgan fingerprint density at radius 3 is 1.33 bits per heavy atom. The van der Waals surface area contributed by atoms with Crippen LogP contribution in [0.1, 0.15) is 38.3 Å². The van der Waals surface area contributed by atoms with Crippen LogP contribution in [0.25, 0.3) is 0 Å². The molecule has 0 heterocycles. The van der Waals surface area contributed by atoms with Gasteiger partial charge in [-0.2, -0.15) is 0 Å². The number of rotatable bonds is 4. The van der Waals surface area contributed by atoms with E-state index in [1.54, 1.807) is 24.3 Å². The molecule has 0 atom stereocenters. The Hall–Kier alpha value is -0.800. The largest absolute Gasteiger partial charge is 0.505 e. The minimum Gasteiger partial charge on any atom is -0.505 e. The summed E-state index contributed by atoms with van der Waals surface area (Å²) in [5.74, 6) is 0.0687. The van der Waals surface area contributed by atoms with Gasteiger partial charge in [-0.25, -0.2) is 0 Å². The molecule has 2 N–H and O–H groups in total. The highest BCUT2D eigenvalue weighted by Crippen LogP contribution is 2.45. The van der Waals surface area contributed by atoms with E-state index < -0.39 is 5.41 Å².